The van der Waals surface area contributed by atoms with Crippen LogP contribution < -0.4 is 20.1 Å². The van der Waals surface area contributed by atoms with E-state index < -0.39 is 11.8 Å². The molecule has 1 heterocycles. The number of amides is 2. The summed E-state index contributed by atoms with van der Waals surface area (Å²) in [5.41, 5.74) is 3.49. The highest BCUT2D eigenvalue weighted by atomic mass is 32.1. The van der Waals surface area contributed by atoms with E-state index in [2.05, 4.69) is 15.6 Å². The first kappa shape index (κ1) is 22.3. The lowest BCUT2D eigenvalue weighted by Crippen LogP contribution is -2.36. The summed E-state index contributed by atoms with van der Waals surface area (Å²) in [4.78, 5) is 29.8. The number of nitrogens with one attached hydrogen (secondary N) is 2. The number of hydrogen-bond acceptors (Lipinski definition) is 6. The van der Waals surface area contributed by atoms with Gasteiger partial charge < -0.3 is 20.1 Å². The van der Waals surface area contributed by atoms with Crippen molar-refractivity contribution in [1.82, 2.24) is 10.3 Å². The number of benzene rings is 2. The zero-order chi connectivity index (χ0) is 22.4. The van der Waals surface area contributed by atoms with E-state index in [-0.39, 0.29) is 0 Å². The van der Waals surface area contributed by atoms with E-state index in [0.29, 0.717) is 30.2 Å². The van der Waals surface area contributed by atoms with Gasteiger partial charge in [0, 0.05) is 29.1 Å². The van der Waals surface area contributed by atoms with Crippen LogP contribution in [0.25, 0.3) is 10.6 Å². The molecule has 8 heteroatoms. The number of carbonyl (C=O) groups is 2. The van der Waals surface area contributed by atoms with Crippen molar-refractivity contribution in [3.05, 3.63) is 58.6 Å². The number of nitrogens with zero attached hydrogens (tertiary/aromatic N) is 1. The Balaban J connectivity index is 1.57. The van der Waals surface area contributed by atoms with Crippen LogP contribution >= 0.6 is 11.3 Å². The maximum Gasteiger partial charge on any atom is 0.313 e. The average Bonchev–Trinajstić information content (AvgIpc) is 3.15. The predicted octanol–water partition coefficient (Wildman–Crippen LogP) is 3.74. The number of thiazole rings is 1. The van der Waals surface area contributed by atoms with E-state index in [1.54, 1.807) is 37.7 Å². The van der Waals surface area contributed by atoms with E-state index in [1.165, 1.54) is 0 Å². The van der Waals surface area contributed by atoms with Crippen molar-refractivity contribution in [3.8, 4) is 22.1 Å². The molecule has 0 saturated heterocycles. The normalized spacial score (nSPS) is 10.5. The Morgan fingerprint density at radius 2 is 1.68 bits per heavy atom. The van der Waals surface area contributed by atoms with Crippen LogP contribution in [-0.2, 0) is 16.0 Å². The van der Waals surface area contributed by atoms with Gasteiger partial charge in [-0.2, -0.15) is 0 Å². The summed E-state index contributed by atoms with van der Waals surface area (Å²) in [6.07, 6.45) is 0.584. The molecule has 162 valence electrons. The van der Waals surface area contributed by atoms with Gasteiger partial charge in [-0.25, -0.2) is 4.98 Å². The van der Waals surface area contributed by atoms with Crippen LogP contribution in [0.1, 0.15) is 16.1 Å². The van der Waals surface area contributed by atoms with E-state index >= 15 is 0 Å². The Bertz CT molecular complexity index is 1080. The molecule has 0 fully saturated rings. The van der Waals surface area contributed by atoms with Crippen molar-refractivity contribution in [2.75, 3.05) is 26.1 Å². The molecule has 7 nitrogen and oxygen atoms in total. The predicted molar refractivity (Wildman–Crippen MR) is 122 cm³/mol. The topological polar surface area (TPSA) is 89.5 Å². The van der Waals surface area contributed by atoms with E-state index in [1.807, 2.05) is 44.2 Å². The van der Waals surface area contributed by atoms with Crippen molar-refractivity contribution in [1.29, 1.82) is 0 Å². The number of methoxy groups -OCH3 is 2. The van der Waals surface area contributed by atoms with Crippen LogP contribution in [0, 0.1) is 13.8 Å². The van der Waals surface area contributed by atoms with Gasteiger partial charge in [0.1, 0.15) is 5.01 Å². The zero-order valence-corrected chi connectivity index (χ0v) is 18.8. The summed E-state index contributed by atoms with van der Waals surface area (Å²) < 4.78 is 10.6. The third kappa shape index (κ3) is 5.61. The highest BCUT2D eigenvalue weighted by Gasteiger charge is 2.15. The van der Waals surface area contributed by atoms with Crippen LogP contribution in [0.15, 0.2) is 42.5 Å². The monoisotopic (exact) mass is 439 g/mol. The number of aromatic nitrogens is 1. The second-order valence-corrected chi connectivity index (χ2v) is 8.01. The average molecular weight is 440 g/mol. The van der Waals surface area contributed by atoms with Gasteiger partial charge in [0.2, 0.25) is 0 Å². The summed E-state index contributed by atoms with van der Waals surface area (Å²) in [6.45, 7) is 4.23. The van der Waals surface area contributed by atoms with Crippen LogP contribution in [0.4, 0.5) is 5.69 Å². The lowest BCUT2D eigenvalue weighted by Gasteiger charge is -2.08. The molecule has 0 atom stereocenters. The molecule has 3 rings (SSSR count). The third-order valence-electron chi connectivity index (χ3n) is 4.68. The SMILES string of the molecule is COc1ccc(-c2nc(C)c(CCNC(=O)C(=O)Nc3ccc(C)cc3)s2)cc1OC. The van der Waals surface area contributed by atoms with E-state index in [9.17, 15) is 9.59 Å². The largest absolute Gasteiger partial charge is 0.493 e. The van der Waals surface area contributed by atoms with Crippen molar-refractivity contribution >= 4 is 28.8 Å². The highest BCUT2D eigenvalue weighted by Crippen LogP contribution is 2.35. The molecule has 0 aliphatic carbocycles. The zero-order valence-electron chi connectivity index (χ0n) is 17.9. The van der Waals surface area contributed by atoms with Crippen molar-refractivity contribution in [2.45, 2.75) is 20.3 Å². The fourth-order valence-corrected chi connectivity index (χ4v) is 4.01. The first-order valence-electron chi connectivity index (χ1n) is 9.75. The molecule has 1 aromatic heterocycles. The van der Waals surface area contributed by atoms with Crippen LogP contribution in [0.3, 0.4) is 0 Å². The summed E-state index contributed by atoms with van der Waals surface area (Å²) in [5.74, 6) is -0.0496. The van der Waals surface area contributed by atoms with Gasteiger partial charge in [0.25, 0.3) is 0 Å². The molecule has 0 radical (unpaired) electrons. The smallest absolute Gasteiger partial charge is 0.313 e. The van der Waals surface area contributed by atoms with Gasteiger partial charge in [0.05, 0.1) is 19.9 Å². The second kappa shape index (κ2) is 10.1. The molecular weight excluding hydrogens is 414 g/mol. The van der Waals surface area contributed by atoms with Crippen LogP contribution in [0.5, 0.6) is 11.5 Å². The Morgan fingerprint density at radius 1 is 0.968 bits per heavy atom. The maximum absolute atomic E-state index is 12.1. The molecule has 0 aliphatic heterocycles. The van der Waals surface area contributed by atoms with Crippen molar-refractivity contribution < 1.29 is 19.1 Å². The third-order valence-corrected chi connectivity index (χ3v) is 5.94. The summed E-state index contributed by atoms with van der Waals surface area (Å²) >= 11 is 1.55. The molecule has 2 N–H and O–H groups in total. The van der Waals surface area contributed by atoms with Gasteiger partial charge in [-0.3, -0.25) is 9.59 Å². The first-order chi connectivity index (χ1) is 14.9. The fraction of sp³-hybridized carbons (Fsp3) is 0.261. The number of aryl methyl sites for hydroxylation is 2. The molecule has 2 aromatic carbocycles. The van der Waals surface area contributed by atoms with Gasteiger partial charge in [-0.05, 0) is 44.2 Å². The molecule has 2 amide bonds. The van der Waals surface area contributed by atoms with Gasteiger partial charge >= 0.3 is 11.8 Å². The van der Waals surface area contributed by atoms with E-state index in [4.69, 9.17) is 9.47 Å². The van der Waals surface area contributed by atoms with E-state index in [0.717, 1.165) is 26.7 Å². The minimum absolute atomic E-state index is 0.342. The first-order valence-corrected chi connectivity index (χ1v) is 10.6. The maximum atomic E-state index is 12.1. The summed E-state index contributed by atoms with van der Waals surface area (Å²) in [6, 6.07) is 12.9. The van der Waals surface area contributed by atoms with Gasteiger partial charge in [-0.1, -0.05) is 17.7 Å². The molecular formula is C23H25N3O4S. The van der Waals surface area contributed by atoms with Crippen LogP contribution in [0.2, 0.25) is 0 Å². The number of ether oxygens (including phenoxy) is 2. The Hall–Kier alpha value is -3.39. The van der Waals surface area contributed by atoms with Crippen LogP contribution in [-0.4, -0.2) is 37.6 Å². The molecule has 0 unspecified atom stereocenters. The minimum Gasteiger partial charge on any atom is -0.493 e. The molecule has 3 aromatic rings. The van der Waals surface area contributed by atoms with Gasteiger partial charge in [-0.15, -0.1) is 11.3 Å². The Kier molecular flexibility index (Phi) is 7.25. The summed E-state index contributed by atoms with van der Waals surface area (Å²) in [5, 5.41) is 6.11. The lowest BCUT2D eigenvalue weighted by atomic mass is 10.2. The summed E-state index contributed by atoms with van der Waals surface area (Å²) in [7, 11) is 3.19. The second-order valence-electron chi connectivity index (χ2n) is 6.92. The number of carbonyl (C=O) groups excluding carboxylic acids is 2. The highest BCUT2D eigenvalue weighted by molar-refractivity contribution is 7.15. The van der Waals surface area contributed by atoms with Crippen molar-refractivity contribution in [3.63, 3.8) is 0 Å². The standard InChI is InChI=1S/C23H25N3O4S/c1-14-5-8-17(9-6-14)26-22(28)21(27)24-12-11-20-15(2)25-23(31-20)16-7-10-18(29-3)19(13-16)30-4/h5-10,13H,11-12H2,1-4H3,(H,24,27)(H,26,28). The number of anilines is 1. The fourth-order valence-electron chi connectivity index (χ4n) is 2.95. The molecule has 0 aliphatic rings. The quantitative estimate of drug-likeness (QED) is 0.548. The molecule has 0 saturated carbocycles. The molecule has 0 bridgehead atoms. The molecule has 0 spiro atoms. The Labute approximate surface area is 185 Å². The molecule has 31 heavy (non-hydrogen) atoms. The van der Waals surface area contributed by atoms with Crippen molar-refractivity contribution in [2.24, 2.45) is 0 Å². The number of rotatable bonds is 7. The minimum atomic E-state index is -0.684. The lowest BCUT2D eigenvalue weighted by molar-refractivity contribution is -0.136. The number of hydrogen-bond donors (Lipinski definition) is 2. The Morgan fingerprint density at radius 3 is 2.35 bits per heavy atom. The van der Waals surface area contributed by atoms with Gasteiger partial charge in [0.15, 0.2) is 11.5 Å².